The molecule has 0 N–H and O–H groups in total. The van der Waals surface area contributed by atoms with Crippen LogP contribution in [0.15, 0.2) is 0 Å². The van der Waals surface area contributed by atoms with Crippen molar-refractivity contribution in [2.75, 3.05) is 0 Å². The Labute approximate surface area is 155 Å². The normalized spacial score (nSPS) is 49.3. The van der Waals surface area contributed by atoms with Gasteiger partial charge in [-0.2, -0.15) is 0 Å². The number of hydrogen-bond acceptors (Lipinski definition) is 4. The molecule has 0 aromatic carbocycles. The molecular formula is C21H30O3S. The van der Waals surface area contributed by atoms with Crippen LogP contribution < -0.4 is 0 Å². The number of Topliss-reactive ketones (excluding diaryl/α,β-unsaturated/α-hetero) is 2. The molecule has 4 rings (SSSR count). The van der Waals surface area contributed by atoms with Crippen molar-refractivity contribution in [3.05, 3.63) is 0 Å². The molecule has 4 aliphatic rings. The average molecular weight is 363 g/mol. The largest absolute Gasteiger partial charge is 0.299 e. The van der Waals surface area contributed by atoms with Gasteiger partial charge in [0.1, 0.15) is 11.6 Å². The van der Waals surface area contributed by atoms with Crippen molar-refractivity contribution in [3.8, 4) is 0 Å². The van der Waals surface area contributed by atoms with Crippen molar-refractivity contribution < 1.29 is 14.4 Å². The molecule has 0 amide bonds. The first-order chi connectivity index (χ1) is 11.8. The smallest absolute Gasteiger partial charge is 0.186 e. The van der Waals surface area contributed by atoms with Gasteiger partial charge in [0.25, 0.3) is 0 Å². The van der Waals surface area contributed by atoms with Crippen LogP contribution in [0.2, 0.25) is 0 Å². The Hall–Kier alpha value is -0.640. The molecule has 3 nitrogen and oxygen atoms in total. The second-order valence-corrected chi connectivity index (χ2v) is 11.0. The van der Waals surface area contributed by atoms with E-state index in [2.05, 4.69) is 13.8 Å². The van der Waals surface area contributed by atoms with Crippen LogP contribution in [-0.4, -0.2) is 21.9 Å². The summed E-state index contributed by atoms with van der Waals surface area (Å²) in [5.74, 6) is 2.41. The maximum absolute atomic E-state index is 13.1. The van der Waals surface area contributed by atoms with Crippen LogP contribution in [0.1, 0.15) is 72.1 Å². The minimum Gasteiger partial charge on any atom is -0.299 e. The van der Waals surface area contributed by atoms with E-state index in [1.807, 2.05) is 0 Å². The quantitative estimate of drug-likeness (QED) is 0.692. The molecule has 138 valence electrons. The lowest BCUT2D eigenvalue weighted by atomic mass is 9.45. The van der Waals surface area contributed by atoms with Crippen molar-refractivity contribution >= 4 is 28.4 Å². The summed E-state index contributed by atoms with van der Waals surface area (Å²) in [7, 11) is 0. The average Bonchev–Trinajstić information content (AvgIpc) is 2.84. The molecule has 7 atom stereocenters. The van der Waals surface area contributed by atoms with Gasteiger partial charge in [-0.05, 0) is 61.7 Å². The maximum atomic E-state index is 13.1. The zero-order valence-electron chi connectivity index (χ0n) is 15.7. The van der Waals surface area contributed by atoms with Crippen molar-refractivity contribution in [1.29, 1.82) is 0 Å². The molecule has 0 radical (unpaired) electrons. The second kappa shape index (κ2) is 5.94. The molecule has 25 heavy (non-hydrogen) atoms. The van der Waals surface area contributed by atoms with Gasteiger partial charge in [0.05, 0.1) is 0 Å². The Balaban J connectivity index is 1.60. The summed E-state index contributed by atoms with van der Waals surface area (Å²) in [6.45, 7) is 6.15. The molecular weight excluding hydrogens is 332 g/mol. The van der Waals surface area contributed by atoms with Gasteiger partial charge in [-0.25, -0.2) is 0 Å². The van der Waals surface area contributed by atoms with E-state index in [9.17, 15) is 14.4 Å². The van der Waals surface area contributed by atoms with Crippen molar-refractivity contribution in [2.45, 2.75) is 77.4 Å². The fraction of sp³-hybridized carbons (Fsp3) is 0.857. The third-order valence-electron chi connectivity index (χ3n) is 8.45. The molecule has 4 heteroatoms. The Kier molecular flexibility index (Phi) is 4.22. The van der Waals surface area contributed by atoms with Gasteiger partial charge in [-0.3, -0.25) is 14.4 Å². The van der Waals surface area contributed by atoms with Crippen LogP contribution in [0.25, 0.3) is 0 Å². The summed E-state index contributed by atoms with van der Waals surface area (Å²) in [5.41, 5.74) is -0.0762. The molecule has 0 heterocycles. The molecule has 0 aliphatic heterocycles. The number of ketones is 2. The maximum Gasteiger partial charge on any atom is 0.186 e. The molecule has 4 saturated carbocycles. The third-order valence-corrected chi connectivity index (χ3v) is 9.54. The summed E-state index contributed by atoms with van der Waals surface area (Å²) in [4.78, 5) is 37.1. The van der Waals surface area contributed by atoms with Crippen molar-refractivity contribution in [1.82, 2.24) is 0 Å². The highest BCUT2D eigenvalue weighted by Gasteiger charge is 2.62. The van der Waals surface area contributed by atoms with Gasteiger partial charge < -0.3 is 0 Å². The highest BCUT2D eigenvalue weighted by molar-refractivity contribution is 8.14. The first-order valence-electron chi connectivity index (χ1n) is 9.99. The number of carbonyl (C=O) groups excluding carboxylic acids is 3. The van der Waals surface area contributed by atoms with Crippen molar-refractivity contribution in [3.63, 3.8) is 0 Å². The summed E-state index contributed by atoms with van der Waals surface area (Å²) in [6.07, 6.45) is 7.50. The van der Waals surface area contributed by atoms with Crippen LogP contribution in [0, 0.1) is 34.5 Å². The monoisotopic (exact) mass is 362 g/mol. The Morgan fingerprint density at radius 1 is 1.08 bits per heavy atom. The van der Waals surface area contributed by atoms with Crippen LogP contribution >= 0.6 is 11.8 Å². The lowest BCUT2D eigenvalue weighted by Crippen LogP contribution is -2.56. The van der Waals surface area contributed by atoms with Gasteiger partial charge >= 0.3 is 0 Å². The van der Waals surface area contributed by atoms with E-state index in [0.717, 1.165) is 44.9 Å². The number of fused-ring (bicyclic) bond motifs is 5. The molecule has 2 unspecified atom stereocenters. The molecule has 0 aromatic rings. The van der Waals surface area contributed by atoms with Crippen LogP contribution in [0.3, 0.4) is 0 Å². The Bertz CT molecular complexity index is 629. The molecule has 0 aromatic heterocycles. The van der Waals surface area contributed by atoms with E-state index < -0.39 is 0 Å². The number of carbonyl (C=O) groups is 3. The molecule has 4 fully saturated rings. The van der Waals surface area contributed by atoms with E-state index in [-0.39, 0.29) is 21.9 Å². The molecule has 0 spiro atoms. The fourth-order valence-corrected chi connectivity index (χ4v) is 8.11. The third kappa shape index (κ3) is 2.57. The summed E-state index contributed by atoms with van der Waals surface area (Å²) >= 11 is 1.44. The number of hydrogen-bond donors (Lipinski definition) is 0. The SMILES string of the molecule is CC(=O)SC1CC[C@@]2(C)C(C1)C(=O)C[C@@H]1[C@H]2CC[C@]2(C)C(=O)CC[C@@H]12. The van der Waals surface area contributed by atoms with E-state index in [0.29, 0.717) is 41.0 Å². The predicted octanol–water partition coefficient (Wildman–Crippen LogP) is 4.43. The van der Waals surface area contributed by atoms with E-state index in [1.54, 1.807) is 6.92 Å². The molecule has 0 saturated heterocycles. The first-order valence-corrected chi connectivity index (χ1v) is 10.9. The number of thioether (sulfide) groups is 1. The Morgan fingerprint density at radius 3 is 2.56 bits per heavy atom. The van der Waals surface area contributed by atoms with Gasteiger partial charge in [-0.15, -0.1) is 0 Å². The van der Waals surface area contributed by atoms with Gasteiger partial charge in [0.15, 0.2) is 5.12 Å². The lowest BCUT2D eigenvalue weighted by Gasteiger charge is -2.59. The number of rotatable bonds is 1. The van der Waals surface area contributed by atoms with Crippen LogP contribution in [0.4, 0.5) is 0 Å². The van der Waals surface area contributed by atoms with E-state index >= 15 is 0 Å². The van der Waals surface area contributed by atoms with Gasteiger partial charge in [0.2, 0.25) is 0 Å². The predicted molar refractivity (Wildman–Crippen MR) is 99.2 cm³/mol. The van der Waals surface area contributed by atoms with Crippen molar-refractivity contribution in [2.24, 2.45) is 34.5 Å². The molecule has 0 bridgehead atoms. The fourth-order valence-electron chi connectivity index (χ4n) is 7.12. The van der Waals surface area contributed by atoms with E-state index in [1.165, 1.54) is 11.8 Å². The minimum absolute atomic E-state index is 0.0841. The summed E-state index contributed by atoms with van der Waals surface area (Å²) in [6, 6.07) is 0. The van der Waals surface area contributed by atoms with Crippen LogP contribution in [0.5, 0.6) is 0 Å². The van der Waals surface area contributed by atoms with Gasteiger partial charge in [0, 0.05) is 36.3 Å². The van der Waals surface area contributed by atoms with Gasteiger partial charge in [-0.1, -0.05) is 25.6 Å². The highest BCUT2D eigenvalue weighted by Crippen LogP contribution is 2.65. The second-order valence-electron chi connectivity index (χ2n) is 9.53. The zero-order chi connectivity index (χ0) is 18.0. The topological polar surface area (TPSA) is 51.2 Å². The lowest BCUT2D eigenvalue weighted by molar-refractivity contribution is -0.155. The highest BCUT2D eigenvalue weighted by atomic mass is 32.2. The standard InChI is InChI=1S/C21H30O3S/c1-12(22)25-13-6-8-20(2)16-7-9-21(3)15(4-5-19(21)24)14(16)11-18(23)17(20)10-13/h13-17H,4-11H2,1-3H3/t13?,14-,15-,16+,17?,20+,21-/m0/s1. The zero-order valence-corrected chi connectivity index (χ0v) is 16.5. The summed E-state index contributed by atoms with van der Waals surface area (Å²) in [5, 5.41) is 0.491. The molecule has 4 aliphatic carbocycles. The summed E-state index contributed by atoms with van der Waals surface area (Å²) < 4.78 is 0. The minimum atomic E-state index is -0.160. The van der Waals surface area contributed by atoms with Crippen LogP contribution in [-0.2, 0) is 14.4 Å². The first kappa shape index (κ1) is 17.8. The Morgan fingerprint density at radius 2 is 1.84 bits per heavy atom. The van der Waals surface area contributed by atoms with E-state index in [4.69, 9.17) is 0 Å².